The van der Waals surface area contributed by atoms with Crippen molar-refractivity contribution < 1.29 is 13.9 Å². The van der Waals surface area contributed by atoms with Gasteiger partial charge in [0.2, 0.25) is 0 Å². The maximum atomic E-state index is 14.0. The SMILES string of the molecule is CCOC(=O)C1=C(c2ccccc2)N=c2s/c(=C/c3ccc(Sc4ncccn4)o3)c(=O)n2[C@@H]1c1ccc(SC)cc1. The van der Waals surface area contributed by atoms with Gasteiger partial charge >= 0.3 is 5.97 Å². The highest BCUT2D eigenvalue weighted by Crippen LogP contribution is 2.35. The number of esters is 1. The van der Waals surface area contributed by atoms with Crippen molar-refractivity contribution >= 4 is 52.6 Å². The second kappa shape index (κ2) is 12.4. The Bertz CT molecular complexity index is 1950. The van der Waals surface area contributed by atoms with E-state index in [1.165, 1.54) is 23.1 Å². The summed E-state index contributed by atoms with van der Waals surface area (Å²) >= 11 is 4.16. The number of aromatic nitrogens is 3. The Kier molecular flexibility index (Phi) is 8.22. The van der Waals surface area contributed by atoms with Crippen LogP contribution in [0.25, 0.3) is 11.8 Å². The van der Waals surface area contributed by atoms with Crippen LogP contribution in [0.5, 0.6) is 0 Å². The summed E-state index contributed by atoms with van der Waals surface area (Å²) in [4.78, 5) is 42.5. The van der Waals surface area contributed by atoms with Crippen LogP contribution in [0.3, 0.4) is 0 Å². The summed E-state index contributed by atoms with van der Waals surface area (Å²) in [7, 11) is 0. The van der Waals surface area contributed by atoms with Crippen molar-refractivity contribution in [1.29, 1.82) is 0 Å². The van der Waals surface area contributed by atoms with Crippen molar-refractivity contribution in [2.45, 2.75) is 28.1 Å². The average molecular weight is 613 g/mol. The Morgan fingerprint density at radius 1 is 1.05 bits per heavy atom. The molecule has 1 atom stereocenters. The van der Waals surface area contributed by atoms with Crippen molar-refractivity contribution in [2.75, 3.05) is 12.9 Å². The molecule has 0 N–H and O–H groups in total. The molecule has 0 saturated carbocycles. The summed E-state index contributed by atoms with van der Waals surface area (Å²) in [6.07, 6.45) is 7.03. The number of fused-ring (bicyclic) bond motifs is 1. The van der Waals surface area contributed by atoms with Gasteiger partial charge in [-0.15, -0.1) is 11.8 Å². The molecule has 1 aliphatic rings. The normalized spacial score (nSPS) is 14.9. The third-order valence-electron chi connectivity index (χ3n) is 6.41. The third kappa shape index (κ3) is 5.63. The van der Waals surface area contributed by atoms with E-state index in [1.807, 2.05) is 66.9 Å². The Morgan fingerprint density at radius 3 is 2.52 bits per heavy atom. The van der Waals surface area contributed by atoms with Gasteiger partial charge in [-0.2, -0.15) is 0 Å². The Hall–Kier alpha value is -4.19. The van der Waals surface area contributed by atoms with E-state index in [2.05, 4.69) is 9.97 Å². The molecule has 8 nitrogen and oxygen atoms in total. The maximum absolute atomic E-state index is 14.0. The standard InChI is InChI=1S/C31H24N4O4S3/c1-3-38-29(37)25-26(19-8-5-4-6-9-19)34-31-35(27(25)20-10-13-22(40-2)14-11-20)28(36)23(41-31)18-21-12-15-24(39-21)42-30-32-16-7-17-33-30/h4-18,27H,3H2,1-2H3/b23-18+/t27-/m1/s1. The molecular weight excluding hydrogens is 589 g/mol. The molecule has 0 saturated heterocycles. The predicted molar refractivity (Wildman–Crippen MR) is 164 cm³/mol. The molecule has 4 heterocycles. The van der Waals surface area contributed by atoms with Crippen LogP contribution in [0.1, 0.15) is 29.9 Å². The molecule has 1 aliphatic heterocycles. The number of hydrogen-bond acceptors (Lipinski definition) is 10. The van der Waals surface area contributed by atoms with E-state index in [4.69, 9.17) is 14.1 Å². The van der Waals surface area contributed by atoms with E-state index >= 15 is 0 Å². The molecule has 0 radical (unpaired) electrons. The number of ether oxygens (including phenoxy) is 1. The second-order valence-electron chi connectivity index (χ2n) is 8.99. The average Bonchev–Trinajstić information content (AvgIpc) is 3.60. The zero-order valence-corrected chi connectivity index (χ0v) is 25.0. The predicted octanol–water partition coefficient (Wildman–Crippen LogP) is 5.19. The van der Waals surface area contributed by atoms with Crippen molar-refractivity contribution in [1.82, 2.24) is 14.5 Å². The molecule has 3 aromatic heterocycles. The smallest absolute Gasteiger partial charge is 0.338 e. The summed E-state index contributed by atoms with van der Waals surface area (Å²) in [6, 6.07) is 22.0. The van der Waals surface area contributed by atoms with E-state index in [1.54, 1.807) is 53.9 Å². The van der Waals surface area contributed by atoms with Crippen LogP contribution < -0.4 is 14.9 Å². The molecule has 42 heavy (non-hydrogen) atoms. The molecule has 0 unspecified atom stereocenters. The number of hydrogen-bond donors (Lipinski definition) is 0. The van der Waals surface area contributed by atoms with Crippen LogP contribution >= 0.6 is 34.9 Å². The van der Waals surface area contributed by atoms with E-state index in [9.17, 15) is 9.59 Å². The summed E-state index contributed by atoms with van der Waals surface area (Å²) in [5.41, 5.74) is 2.08. The highest BCUT2D eigenvalue weighted by atomic mass is 32.2. The number of benzene rings is 2. The van der Waals surface area contributed by atoms with Gasteiger partial charge in [0.25, 0.3) is 5.56 Å². The Morgan fingerprint density at radius 2 is 1.81 bits per heavy atom. The number of rotatable bonds is 8. The lowest BCUT2D eigenvalue weighted by Crippen LogP contribution is -2.40. The van der Waals surface area contributed by atoms with Crippen LogP contribution in [0.2, 0.25) is 0 Å². The molecular formula is C31H24N4O4S3. The minimum Gasteiger partial charge on any atom is -0.463 e. The van der Waals surface area contributed by atoms with Gasteiger partial charge in [-0.25, -0.2) is 19.8 Å². The minimum atomic E-state index is -0.730. The van der Waals surface area contributed by atoms with Gasteiger partial charge in [0.1, 0.15) is 5.76 Å². The summed E-state index contributed by atoms with van der Waals surface area (Å²) in [5, 5.41) is 1.16. The number of thiazole rings is 1. The van der Waals surface area contributed by atoms with E-state index in [-0.39, 0.29) is 12.2 Å². The molecule has 0 fully saturated rings. The Labute approximate surface area is 253 Å². The van der Waals surface area contributed by atoms with Crippen molar-refractivity contribution in [3.63, 3.8) is 0 Å². The topological polar surface area (TPSA) is 99.6 Å². The lowest BCUT2D eigenvalue weighted by molar-refractivity contribution is -0.138. The van der Waals surface area contributed by atoms with Gasteiger partial charge < -0.3 is 9.15 Å². The monoisotopic (exact) mass is 612 g/mol. The highest BCUT2D eigenvalue weighted by Gasteiger charge is 2.35. The number of furan rings is 1. The van der Waals surface area contributed by atoms with Crippen LogP contribution in [-0.4, -0.2) is 33.4 Å². The van der Waals surface area contributed by atoms with Gasteiger partial charge in [-0.1, -0.05) is 53.8 Å². The van der Waals surface area contributed by atoms with Crippen molar-refractivity contribution in [3.8, 4) is 0 Å². The molecule has 6 rings (SSSR count). The number of nitrogens with zero attached hydrogens (tertiary/aromatic N) is 4. The fourth-order valence-corrected chi connectivity index (χ4v) is 6.64. The van der Waals surface area contributed by atoms with Gasteiger partial charge in [0, 0.05) is 28.9 Å². The van der Waals surface area contributed by atoms with Crippen LogP contribution in [-0.2, 0) is 9.53 Å². The number of thioether (sulfide) groups is 1. The largest absolute Gasteiger partial charge is 0.463 e. The first-order valence-corrected chi connectivity index (χ1v) is 15.9. The van der Waals surface area contributed by atoms with Crippen LogP contribution in [0.4, 0.5) is 0 Å². The zero-order valence-electron chi connectivity index (χ0n) is 22.6. The molecule has 2 aromatic carbocycles. The van der Waals surface area contributed by atoms with E-state index in [0.717, 1.165) is 16.0 Å². The fourth-order valence-electron chi connectivity index (χ4n) is 4.57. The van der Waals surface area contributed by atoms with Gasteiger partial charge in [0.15, 0.2) is 15.1 Å². The molecule has 11 heteroatoms. The second-order valence-corrected chi connectivity index (χ2v) is 11.9. The first-order valence-electron chi connectivity index (χ1n) is 13.0. The molecule has 210 valence electrons. The molecule has 0 bridgehead atoms. The maximum Gasteiger partial charge on any atom is 0.338 e. The van der Waals surface area contributed by atoms with Gasteiger partial charge in [-0.3, -0.25) is 9.36 Å². The Balaban J connectivity index is 1.52. The molecule has 0 aliphatic carbocycles. The van der Waals surface area contributed by atoms with E-state index in [0.29, 0.717) is 36.6 Å². The minimum absolute atomic E-state index is 0.194. The third-order valence-corrected chi connectivity index (χ3v) is 8.96. The first kappa shape index (κ1) is 28.0. The van der Waals surface area contributed by atoms with Gasteiger partial charge in [0.05, 0.1) is 28.5 Å². The van der Waals surface area contributed by atoms with Crippen LogP contribution in [0.15, 0.2) is 120 Å². The first-order chi connectivity index (χ1) is 20.6. The van der Waals surface area contributed by atoms with Crippen LogP contribution in [0, 0.1) is 0 Å². The zero-order chi connectivity index (χ0) is 29.1. The molecule has 5 aromatic rings. The quantitative estimate of drug-likeness (QED) is 0.134. The lowest BCUT2D eigenvalue weighted by atomic mass is 9.93. The lowest BCUT2D eigenvalue weighted by Gasteiger charge is -2.26. The number of carbonyl (C=O) groups is 1. The summed E-state index contributed by atoms with van der Waals surface area (Å²) in [6.45, 7) is 1.96. The summed E-state index contributed by atoms with van der Waals surface area (Å²) < 4.78 is 13.5. The molecule has 0 amide bonds. The van der Waals surface area contributed by atoms with Crippen molar-refractivity contribution in [2.24, 2.45) is 4.99 Å². The van der Waals surface area contributed by atoms with Crippen molar-refractivity contribution in [3.05, 3.63) is 127 Å². The summed E-state index contributed by atoms with van der Waals surface area (Å²) in [5.74, 6) is -0.00313. The van der Waals surface area contributed by atoms with Gasteiger partial charge in [-0.05, 0) is 60.8 Å². The highest BCUT2D eigenvalue weighted by molar-refractivity contribution is 7.99. The number of carbonyl (C=O) groups excluding carboxylic acids is 1. The fraction of sp³-hybridized carbons (Fsp3) is 0.129. The van der Waals surface area contributed by atoms with E-state index < -0.39 is 12.0 Å². The molecule has 0 spiro atoms.